The fourth-order valence-corrected chi connectivity index (χ4v) is 1.88. The zero-order valence-electron chi connectivity index (χ0n) is 10.3. The van der Waals surface area contributed by atoms with Crippen LogP contribution >= 0.6 is 15.9 Å². The molecule has 96 valence electrons. The van der Waals surface area contributed by atoms with Crippen LogP contribution < -0.4 is 0 Å². The number of nitrogens with zero attached hydrogens (tertiary/aromatic N) is 6. The first kappa shape index (κ1) is 12.9. The monoisotopic (exact) mass is 312 g/mol. The van der Waals surface area contributed by atoms with Gasteiger partial charge in [0.1, 0.15) is 4.60 Å². The zero-order valence-corrected chi connectivity index (χ0v) is 11.9. The minimum atomic E-state index is -0.424. The lowest BCUT2D eigenvalue weighted by molar-refractivity contribution is 0.236. The van der Waals surface area contributed by atoms with Gasteiger partial charge < -0.3 is 0 Å². The number of rotatable bonds is 1. The standard InChI is InChI=1S/C10H13BrN6O/c1-10(2,3)6-7-8(11)17(15-13-7)9(18)16-5-4-12-14-16/h4-5H,6H2,1-3H3. The van der Waals surface area contributed by atoms with Crippen LogP contribution in [0.15, 0.2) is 17.0 Å². The van der Waals surface area contributed by atoms with E-state index in [9.17, 15) is 4.79 Å². The number of aromatic nitrogens is 6. The first-order chi connectivity index (χ1) is 8.38. The second-order valence-electron chi connectivity index (χ2n) is 5.11. The van der Waals surface area contributed by atoms with Crippen LogP contribution in [0, 0.1) is 5.41 Å². The molecule has 0 saturated heterocycles. The smallest absolute Gasteiger partial charge is 0.243 e. The van der Waals surface area contributed by atoms with Gasteiger partial charge in [0.25, 0.3) is 0 Å². The third kappa shape index (κ3) is 2.63. The summed E-state index contributed by atoms with van der Waals surface area (Å²) in [5, 5.41) is 15.1. The van der Waals surface area contributed by atoms with Gasteiger partial charge in [-0.1, -0.05) is 31.2 Å². The van der Waals surface area contributed by atoms with E-state index in [4.69, 9.17) is 0 Å². The molecule has 2 aromatic heterocycles. The number of hydrogen-bond acceptors (Lipinski definition) is 5. The number of carbonyl (C=O) groups is 1. The molecule has 0 spiro atoms. The highest BCUT2D eigenvalue weighted by molar-refractivity contribution is 9.10. The summed E-state index contributed by atoms with van der Waals surface area (Å²) in [4.78, 5) is 12.0. The Kier molecular flexibility index (Phi) is 3.29. The molecule has 0 N–H and O–H groups in total. The molecule has 0 aliphatic carbocycles. The van der Waals surface area contributed by atoms with Gasteiger partial charge in [-0.2, -0.15) is 9.36 Å². The first-order valence-corrected chi connectivity index (χ1v) is 6.19. The summed E-state index contributed by atoms with van der Waals surface area (Å²) in [6.45, 7) is 6.28. The Balaban J connectivity index is 2.29. The van der Waals surface area contributed by atoms with E-state index in [0.29, 0.717) is 4.60 Å². The highest BCUT2D eigenvalue weighted by Crippen LogP contribution is 2.24. The number of hydrogen-bond donors (Lipinski definition) is 0. The molecule has 0 atom stereocenters. The second kappa shape index (κ2) is 4.60. The molecule has 0 unspecified atom stereocenters. The van der Waals surface area contributed by atoms with Crippen molar-refractivity contribution in [2.45, 2.75) is 27.2 Å². The molecule has 0 saturated carbocycles. The Bertz CT molecular complexity index is 553. The summed E-state index contributed by atoms with van der Waals surface area (Å²) >= 11 is 3.35. The summed E-state index contributed by atoms with van der Waals surface area (Å²) in [7, 11) is 0. The Morgan fingerprint density at radius 2 is 2.11 bits per heavy atom. The van der Waals surface area contributed by atoms with Crippen molar-refractivity contribution in [2.75, 3.05) is 0 Å². The number of halogens is 1. The molecule has 18 heavy (non-hydrogen) atoms. The van der Waals surface area contributed by atoms with E-state index in [-0.39, 0.29) is 5.41 Å². The summed E-state index contributed by atoms with van der Waals surface area (Å²) in [5.74, 6) is 0. The maximum absolute atomic E-state index is 12.0. The van der Waals surface area contributed by atoms with Crippen molar-refractivity contribution in [3.05, 3.63) is 22.7 Å². The molecule has 0 fully saturated rings. The molecular weight excluding hydrogens is 300 g/mol. The van der Waals surface area contributed by atoms with Gasteiger partial charge in [-0.3, -0.25) is 0 Å². The molecule has 0 aliphatic rings. The fourth-order valence-electron chi connectivity index (χ4n) is 1.44. The van der Waals surface area contributed by atoms with E-state index in [1.54, 1.807) is 0 Å². The molecule has 0 aliphatic heterocycles. The van der Waals surface area contributed by atoms with Gasteiger partial charge in [0.2, 0.25) is 0 Å². The molecule has 0 radical (unpaired) electrons. The second-order valence-corrected chi connectivity index (χ2v) is 5.86. The first-order valence-electron chi connectivity index (χ1n) is 5.39. The zero-order chi connectivity index (χ0) is 13.3. The molecule has 2 rings (SSSR count). The fraction of sp³-hybridized carbons (Fsp3) is 0.500. The Hall–Kier alpha value is -1.57. The van der Waals surface area contributed by atoms with Gasteiger partial charge in [0.05, 0.1) is 18.1 Å². The summed E-state index contributed by atoms with van der Waals surface area (Å²) < 4.78 is 2.81. The Morgan fingerprint density at radius 3 is 2.67 bits per heavy atom. The summed E-state index contributed by atoms with van der Waals surface area (Å²) in [6, 6.07) is -0.424. The largest absolute Gasteiger partial charge is 0.373 e. The quantitative estimate of drug-likeness (QED) is 0.801. The molecular formula is C10H13BrN6O. The van der Waals surface area contributed by atoms with Gasteiger partial charge in [0.15, 0.2) is 0 Å². The average Bonchev–Trinajstić information content (AvgIpc) is 2.87. The molecule has 0 aromatic carbocycles. The molecule has 7 nitrogen and oxygen atoms in total. The van der Waals surface area contributed by atoms with E-state index >= 15 is 0 Å². The topological polar surface area (TPSA) is 78.5 Å². The molecule has 8 heteroatoms. The van der Waals surface area contributed by atoms with Crippen LogP contribution in [0.4, 0.5) is 4.79 Å². The van der Waals surface area contributed by atoms with Crippen molar-refractivity contribution in [2.24, 2.45) is 5.41 Å². The predicted molar refractivity (Wildman–Crippen MR) is 67.1 cm³/mol. The van der Waals surface area contributed by atoms with Crippen LogP contribution in [0.5, 0.6) is 0 Å². The van der Waals surface area contributed by atoms with Crippen molar-refractivity contribution in [1.82, 2.24) is 30.0 Å². The van der Waals surface area contributed by atoms with Gasteiger partial charge >= 0.3 is 6.03 Å². The van der Waals surface area contributed by atoms with Crippen molar-refractivity contribution in [3.63, 3.8) is 0 Å². The minimum Gasteiger partial charge on any atom is -0.243 e. The molecule has 0 bridgehead atoms. The van der Waals surface area contributed by atoms with Crippen molar-refractivity contribution < 1.29 is 4.79 Å². The highest BCUT2D eigenvalue weighted by Gasteiger charge is 2.21. The van der Waals surface area contributed by atoms with Gasteiger partial charge in [-0.05, 0) is 27.8 Å². The van der Waals surface area contributed by atoms with Crippen LogP contribution in [-0.4, -0.2) is 36.0 Å². The van der Waals surface area contributed by atoms with E-state index in [2.05, 4.69) is 57.3 Å². The maximum atomic E-state index is 12.0. The third-order valence-electron chi connectivity index (χ3n) is 2.18. The van der Waals surface area contributed by atoms with Crippen LogP contribution in [0.2, 0.25) is 0 Å². The SMILES string of the molecule is CC(C)(C)Cc1nnn(C(=O)n2ccnn2)c1Br. The minimum absolute atomic E-state index is 0.0691. The van der Waals surface area contributed by atoms with E-state index in [1.165, 1.54) is 12.4 Å². The Labute approximate surface area is 112 Å². The Morgan fingerprint density at radius 1 is 1.39 bits per heavy atom. The maximum Gasteiger partial charge on any atom is 0.373 e. The van der Waals surface area contributed by atoms with Crippen LogP contribution in [0.25, 0.3) is 0 Å². The van der Waals surface area contributed by atoms with E-state index in [0.717, 1.165) is 21.5 Å². The van der Waals surface area contributed by atoms with Crippen LogP contribution in [-0.2, 0) is 6.42 Å². The summed E-state index contributed by atoms with van der Waals surface area (Å²) in [6.07, 6.45) is 3.61. The lowest BCUT2D eigenvalue weighted by Gasteiger charge is -2.15. The van der Waals surface area contributed by atoms with Crippen molar-refractivity contribution in [3.8, 4) is 0 Å². The lowest BCUT2D eigenvalue weighted by atomic mass is 9.91. The van der Waals surface area contributed by atoms with E-state index < -0.39 is 6.03 Å². The van der Waals surface area contributed by atoms with Gasteiger partial charge in [-0.15, -0.1) is 10.2 Å². The van der Waals surface area contributed by atoms with Gasteiger partial charge in [0, 0.05) is 0 Å². The average molecular weight is 313 g/mol. The van der Waals surface area contributed by atoms with E-state index in [1.807, 2.05) is 0 Å². The third-order valence-corrected chi connectivity index (χ3v) is 2.97. The normalized spacial score (nSPS) is 11.8. The molecule has 2 heterocycles. The lowest BCUT2D eigenvalue weighted by Crippen LogP contribution is -2.21. The summed E-state index contributed by atoms with van der Waals surface area (Å²) in [5.41, 5.74) is 0.815. The molecule has 0 amide bonds. The van der Waals surface area contributed by atoms with Crippen LogP contribution in [0.1, 0.15) is 26.5 Å². The van der Waals surface area contributed by atoms with Crippen molar-refractivity contribution >= 4 is 22.0 Å². The predicted octanol–water partition coefficient (Wildman–Crippen LogP) is 1.74. The van der Waals surface area contributed by atoms with Gasteiger partial charge in [-0.25, -0.2) is 4.79 Å². The van der Waals surface area contributed by atoms with Crippen LogP contribution in [0.3, 0.4) is 0 Å². The highest BCUT2D eigenvalue weighted by atomic mass is 79.9. The van der Waals surface area contributed by atoms with Crippen molar-refractivity contribution in [1.29, 1.82) is 0 Å². The number of carbonyl (C=O) groups excluding carboxylic acids is 1. The molecule has 2 aromatic rings.